The van der Waals surface area contributed by atoms with Gasteiger partial charge in [0, 0.05) is 36.8 Å². The first-order valence-corrected chi connectivity index (χ1v) is 15.5. The number of esters is 1. The molecule has 2 saturated heterocycles. The summed E-state index contributed by atoms with van der Waals surface area (Å²) in [5, 5.41) is 11.5. The summed E-state index contributed by atoms with van der Waals surface area (Å²) in [6.07, 6.45) is 0.348. The molecule has 2 aliphatic heterocycles. The molecule has 3 fully saturated rings. The molecule has 0 amide bonds. The molecular formula is C30H39NO8S. The number of nitrogens with zero attached hydrogens (tertiary/aromatic N) is 1. The van der Waals surface area contributed by atoms with Crippen LogP contribution in [0.3, 0.4) is 0 Å². The number of carbonyl (C=O) groups excluding carboxylic acids is 1. The van der Waals surface area contributed by atoms with E-state index in [1.807, 2.05) is 37.3 Å². The Bertz CT molecular complexity index is 1240. The minimum atomic E-state index is -3.88. The maximum Gasteiger partial charge on any atom is 0.306 e. The first-order chi connectivity index (χ1) is 19.3. The smallest absolute Gasteiger partial charge is 0.306 e. The Hall–Kier alpha value is -2.50. The van der Waals surface area contributed by atoms with E-state index in [-0.39, 0.29) is 60.5 Å². The van der Waals surface area contributed by atoms with Crippen molar-refractivity contribution in [3.8, 4) is 5.75 Å². The van der Waals surface area contributed by atoms with E-state index in [0.717, 1.165) is 12.0 Å². The van der Waals surface area contributed by atoms with E-state index in [0.29, 0.717) is 31.8 Å². The van der Waals surface area contributed by atoms with E-state index < -0.39 is 22.0 Å². The zero-order chi connectivity index (χ0) is 28.3. The normalized spacial score (nSPS) is 26.9. The average Bonchev–Trinajstić information content (AvgIpc) is 3.49. The Morgan fingerprint density at radius 1 is 1.07 bits per heavy atom. The summed E-state index contributed by atoms with van der Waals surface area (Å²) < 4.78 is 51.1. The molecule has 0 aromatic heterocycles. The second-order valence-corrected chi connectivity index (χ2v) is 13.0. The summed E-state index contributed by atoms with van der Waals surface area (Å²) in [4.78, 5) is 13.4. The maximum absolute atomic E-state index is 13.5. The monoisotopic (exact) mass is 573 g/mol. The second kappa shape index (κ2) is 12.6. The van der Waals surface area contributed by atoms with Crippen LogP contribution in [0.1, 0.15) is 31.7 Å². The molecule has 7 atom stereocenters. The van der Waals surface area contributed by atoms with Crippen molar-refractivity contribution in [1.29, 1.82) is 0 Å². The number of aliphatic hydroxyl groups excluding tert-OH is 1. The van der Waals surface area contributed by atoms with Crippen molar-refractivity contribution >= 4 is 16.0 Å². The van der Waals surface area contributed by atoms with Gasteiger partial charge >= 0.3 is 5.97 Å². The lowest BCUT2D eigenvalue weighted by Crippen LogP contribution is -2.42. The zero-order valence-corrected chi connectivity index (χ0v) is 23.9. The third kappa shape index (κ3) is 6.21. The molecule has 40 heavy (non-hydrogen) atoms. The highest BCUT2D eigenvalue weighted by molar-refractivity contribution is 7.89. The van der Waals surface area contributed by atoms with Gasteiger partial charge in [-0.25, -0.2) is 8.42 Å². The molecule has 2 heterocycles. The van der Waals surface area contributed by atoms with Gasteiger partial charge < -0.3 is 24.1 Å². The Labute approximate surface area is 236 Å². The largest absolute Gasteiger partial charge is 0.497 e. The molecule has 0 radical (unpaired) electrons. The van der Waals surface area contributed by atoms with Crippen LogP contribution in [-0.4, -0.2) is 75.7 Å². The highest BCUT2D eigenvalue weighted by Gasteiger charge is 2.56. The van der Waals surface area contributed by atoms with Crippen LogP contribution in [0.25, 0.3) is 0 Å². The lowest BCUT2D eigenvalue weighted by Gasteiger charge is -2.30. The third-order valence-corrected chi connectivity index (χ3v) is 10.3. The van der Waals surface area contributed by atoms with Gasteiger partial charge in [-0.1, -0.05) is 37.3 Å². The lowest BCUT2D eigenvalue weighted by atomic mass is 9.90. The molecule has 218 valence electrons. The standard InChI is InChI=1S/C30H39NO8S/c1-3-13-31(40(34,35)24-11-9-23(36-2)10-12-24)17-27(32)21(14-20-7-5-4-6-8-20)16-28(33)39-29-22-15-25-26(29)19-38-30(25)37-18-22/h4-12,21-22,25-27,29-30,32H,3,13-19H2,1-2H3/t21-,22?,25?,26?,27-,29?,30?/m1/s1. The van der Waals surface area contributed by atoms with Crippen LogP contribution < -0.4 is 4.74 Å². The predicted octanol–water partition coefficient (Wildman–Crippen LogP) is 3.26. The molecular weight excluding hydrogens is 534 g/mol. The molecule has 2 aromatic rings. The van der Waals surface area contributed by atoms with Crippen LogP contribution in [0.4, 0.5) is 0 Å². The number of fused-ring (bicyclic) bond motifs is 1. The zero-order valence-electron chi connectivity index (χ0n) is 23.1. The van der Waals surface area contributed by atoms with Gasteiger partial charge in [0.25, 0.3) is 0 Å². The summed E-state index contributed by atoms with van der Waals surface area (Å²) in [5.74, 6) is 0.179. The van der Waals surface area contributed by atoms with E-state index in [2.05, 4.69) is 0 Å². The topological polar surface area (TPSA) is 112 Å². The number of benzene rings is 2. The summed E-state index contributed by atoms with van der Waals surface area (Å²) >= 11 is 0. The van der Waals surface area contributed by atoms with Gasteiger partial charge in [0.15, 0.2) is 6.29 Å². The summed E-state index contributed by atoms with van der Waals surface area (Å²) in [5.41, 5.74) is 0.955. The van der Waals surface area contributed by atoms with Gasteiger partial charge in [-0.15, -0.1) is 0 Å². The van der Waals surface area contributed by atoms with Gasteiger partial charge in [-0.05, 0) is 49.1 Å². The summed E-state index contributed by atoms with van der Waals surface area (Å²) in [7, 11) is -2.36. The number of hydrogen-bond donors (Lipinski definition) is 1. The summed E-state index contributed by atoms with van der Waals surface area (Å²) in [6.45, 7) is 3.03. The fraction of sp³-hybridized carbons (Fsp3) is 0.567. The molecule has 3 aliphatic rings. The highest BCUT2D eigenvalue weighted by Crippen LogP contribution is 2.49. The van der Waals surface area contributed by atoms with Crippen molar-refractivity contribution in [2.45, 2.75) is 56.0 Å². The quantitative estimate of drug-likeness (QED) is 0.364. The average molecular weight is 574 g/mol. The van der Waals surface area contributed by atoms with Crippen LogP contribution in [0, 0.1) is 23.7 Å². The number of ether oxygens (including phenoxy) is 4. The maximum atomic E-state index is 13.5. The van der Waals surface area contributed by atoms with E-state index in [1.54, 1.807) is 12.1 Å². The van der Waals surface area contributed by atoms with Gasteiger partial charge in [-0.3, -0.25) is 4.79 Å². The lowest BCUT2D eigenvalue weighted by molar-refractivity contribution is -0.178. The predicted molar refractivity (Wildman–Crippen MR) is 147 cm³/mol. The number of aliphatic hydroxyl groups is 1. The van der Waals surface area contributed by atoms with Crippen LogP contribution >= 0.6 is 0 Å². The van der Waals surface area contributed by atoms with Gasteiger partial charge in [-0.2, -0.15) is 4.31 Å². The fourth-order valence-corrected chi connectivity index (χ4v) is 7.89. The molecule has 10 heteroatoms. The van der Waals surface area contributed by atoms with Gasteiger partial charge in [0.2, 0.25) is 10.0 Å². The molecule has 5 rings (SSSR count). The van der Waals surface area contributed by atoms with Crippen molar-refractivity contribution in [3.05, 3.63) is 60.2 Å². The minimum Gasteiger partial charge on any atom is -0.497 e. The number of rotatable bonds is 13. The van der Waals surface area contributed by atoms with Gasteiger partial charge in [0.1, 0.15) is 11.9 Å². The first-order valence-electron chi connectivity index (χ1n) is 14.1. The highest BCUT2D eigenvalue weighted by atomic mass is 32.2. The van der Waals surface area contributed by atoms with Crippen molar-refractivity contribution in [2.75, 3.05) is 33.4 Å². The van der Waals surface area contributed by atoms with Crippen LogP contribution in [0.15, 0.2) is 59.5 Å². The SMILES string of the molecule is CCCN(C[C@@H](O)[C@@H](CC(=O)OC1C2COC3OCC1C3C2)Cc1ccccc1)S(=O)(=O)c1ccc(OC)cc1. The Morgan fingerprint density at radius 3 is 2.50 bits per heavy atom. The molecule has 1 aliphatic carbocycles. The molecule has 9 nitrogen and oxygen atoms in total. The van der Waals surface area contributed by atoms with E-state index >= 15 is 0 Å². The van der Waals surface area contributed by atoms with Crippen molar-refractivity contribution in [3.63, 3.8) is 0 Å². The number of hydrogen-bond acceptors (Lipinski definition) is 8. The molecule has 0 spiro atoms. The van der Waals surface area contributed by atoms with E-state index in [1.165, 1.54) is 23.5 Å². The number of carbonyl (C=O) groups is 1. The van der Waals surface area contributed by atoms with Crippen LogP contribution in [0.5, 0.6) is 5.75 Å². The second-order valence-electron chi connectivity index (χ2n) is 11.1. The van der Waals surface area contributed by atoms with Crippen molar-refractivity contribution in [2.24, 2.45) is 23.7 Å². The number of sulfonamides is 1. The number of methoxy groups -OCH3 is 1. The minimum absolute atomic E-state index is 0.0235. The Balaban J connectivity index is 1.31. The molecule has 1 N–H and O–H groups in total. The van der Waals surface area contributed by atoms with Crippen LogP contribution in [-0.2, 0) is 35.4 Å². The molecule has 2 aromatic carbocycles. The van der Waals surface area contributed by atoms with Crippen molar-refractivity contribution in [1.82, 2.24) is 4.31 Å². The van der Waals surface area contributed by atoms with Crippen LogP contribution in [0.2, 0.25) is 0 Å². The Morgan fingerprint density at radius 2 is 1.80 bits per heavy atom. The molecule has 5 unspecified atom stereocenters. The van der Waals surface area contributed by atoms with Crippen molar-refractivity contribution < 1.29 is 37.3 Å². The Kier molecular flexibility index (Phi) is 9.11. The first kappa shape index (κ1) is 29.0. The summed E-state index contributed by atoms with van der Waals surface area (Å²) in [6, 6.07) is 15.8. The van der Waals surface area contributed by atoms with E-state index in [4.69, 9.17) is 18.9 Å². The van der Waals surface area contributed by atoms with E-state index in [9.17, 15) is 18.3 Å². The third-order valence-electron chi connectivity index (χ3n) is 8.43. The molecule has 2 bridgehead atoms. The molecule has 1 saturated carbocycles. The fourth-order valence-electron chi connectivity index (χ4n) is 6.34. The van der Waals surface area contributed by atoms with Gasteiger partial charge in [0.05, 0.1) is 37.7 Å².